The van der Waals surface area contributed by atoms with Gasteiger partial charge in [0.25, 0.3) is 0 Å². The Bertz CT molecular complexity index is 643. The third kappa shape index (κ3) is 5.30. The van der Waals surface area contributed by atoms with Crippen molar-refractivity contribution < 1.29 is 9.53 Å². The van der Waals surface area contributed by atoms with Crippen molar-refractivity contribution in [3.63, 3.8) is 0 Å². The van der Waals surface area contributed by atoms with E-state index in [1.54, 1.807) is 0 Å². The molecule has 1 aliphatic heterocycles. The molecule has 5 heteroatoms. The topological polar surface area (TPSA) is 55.6 Å². The van der Waals surface area contributed by atoms with E-state index in [9.17, 15) is 4.79 Å². The van der Waals surface area contributed by atoms with E-state index in [0.29, 0.717) is 19.7 Å². The van der Waals surface area contributed by atoms with Crippen LogP contribution in [0.25, 0.3) is 0 Å². The van der Waals surface area contributed by atoms with Gasteiger partial charge in [0.05, 0.1) is 12.7 Å². The number of nitrogens with zero attached hydrogens (tertiary/aromatic N) is 1. The third-order valence-electron chi connectivity index (χ3n) is 4.51. The maximum Gasteiger partial charge on any atom is 0.244 e. The van der Waals surface area contributed by atoms with Gasteiger partial charge in [0.15, 0.2) is 0 Å². The molecular weight excluding hydrogens is 336 g/mol. The minimum absolute atomic E-state index is 0. The van der Waals surface area contributed by atoms with Crippen molar-refractivity contribution in [1.29, 1.82) is 0 Å². The molecule has 1 atom stereocenters. The van der Waals surface area contributed by atoms with Gasteiger partial charge in [-0.3, -0.25) is 4.79 Å². The Balaban J connectivity index is 0.00000225. The van der Waals surface area contributed by atoms with Gasteiger partial charge < -0.3 is 15.4 Å². The Labute approximate surface area is 155 Å². The molecule has 3 rings (SSSR count). The molecule has 0 spiro atoms. The van der Waals surface area contributed by atoms with Crippen LogP contribution in [0.4, 0.5) is 0 Å². The van der Waals surface area contributed by atoms with Gasteiger partial charge in [0.2, 0.25) is 5.91 Å². The molecule has 25 heavy (non-hydrogen) atoms. The van der Waals surface area contributed by atoms with Crippen LogP contribution in [0.5, 0.6) is 0 Å². The van der Waals surface area contributed by atoms with Gasteiger partial charge in [-0.1, -0.05) is 60.7 Å². The number of hydrogen-bond donors (Lipinski definition) is 1. The highest BCUT2D eigenvalue weighted by Gasteiger charge is 2.27. The first-order chi connectivity index (χ1) is 11.7. The van der Waals surface area contributed by atoms with Gasteiger partial charge in [0.1, 0.15) is 6.04 Å². The van der Waals surface area contributed by atoms with Gasteiger partial charge in [-0.15, -0.1) is 12.4 Å². The van der Waals surface area contributed by atoms with E-state index in [-0.39, 0.29) is 24.4 Å². The van der Waals surface area contributed by atoms with E-state index >= 15 is 0 Å². The van der Waals surface area contributed by atoms with E-state index < -0.39 is 6.04 Å². The fraction of sp³-hybridized carbons (Fsp3) is 0.350. The summed E-state index contributed by atoms with van der Waals surface area (Å²) in [6.45, 7) is 2.04. The third-order valence-corrected chi connectivity index (χ3v) is 4.51. The number of piperidine rings is 1. The summed E-state index contributed by atoms with van der Waals surface area (Å²) in [5.74, 6) is 0.00251. The molecule has 0 saturated carbocycles. The average Bonchev–Trinajstić information content (AvgIpc) is 2.67. The minimum atomic E-state index is -0.576. The summed E-state index contributed by atoms with van der Waals surface area (Å²) in [5.41, 5.74) is 8.16. The van der Waals surface area contributed by atoms with Crippen molar-refractivity contribution >= 4 is 18.3 Å². The Kier molecular flexibility index (Phi) is 7.44. The second-order valence-electron chi connectivity index (χ2n) is 6.21. The number of ether oxygens (including phenoxy) is 1. The maximum atomic E-state index is 12.5. The van der Waals surface area contributed by atoms with E-state index in [2.05, 4.69) is 12.1 Å². The SMILES string of the molecule is Cl.NC(C(=O)N1CCC(OCc2ccccc2)CC1)c1ccccc1. The minimum Gasteiger partial charge on any atom is -0.373 e. The molecule has 2 N–H and O–H groups in total. The zero-order valence-electron chi connectivity index (χ0n) is 14.2. The number of carbonyl (C=O) groups excluding carboxylic acids is 1. The Morgan fingerprint density at radius 2 is 1.60 bits per heavy atom. The number of hydrogen-bond acceptors (Lipinski definition) is 3. The second-order valence-corrected chi connectivity index (χ2v) is 6.21. The zero-order valence-corrected chi connectivity index (χ0v) is 15.0. The Hall–Kier alpha value is -1.88. The molecule has 4 nitrogen and oxygen atoms in total. The number of benzene rings is 2. The summed E-state index contributed by atoms with van der Waals surface area (Å²) in [6, 6.07) is 19.1. The van der Waals surface area contributed by atoms with Crippen molar-refractivity contribution in [2.75, 3.05) is 13.1 Å². The lowest BCUT2D eigenvalue weighted by Gasteiger charge is -2.33. The number of halogens is 1. The number of rotatable bonds is 5. The molecule has 1 saturated heterocycles. The highest BCUT2D eigenvalue weighted by molar-refractivity contribution is 5.85. The van der Waals surface area contributed by atoms with Crippen LogP contribution in [0.15, 0.2) is 60.7 Å². The first kappa shape index (κ1) is 19.4. The predicted octanol–water partition coefficient (Wildman–Crippen LogP) is 3.32. The summed E-state index contributed by atoms with van der Waals surface area (Å²) in [7, 11) is 0. The van der Waals surface area contributed by atoms with Gasteiger partial charge in [-0.25, -0.2) is 0 Å². The molecule has 2 aromatic rings. The molecule has 1 amide bonds. The molecule has 1 unspecified atom stereocenters. The van der Waals surface area contributed by atoms with Crippen molar-refractivity contribution in [1.82, 2.24) is 4.90 Å². The lowest BCUT2D eigenvalue weighted by Crippen LogP contribution is -2.44. The van der Waals surface area contributed by atoms with E-state index in [4.69, 9.17) is 10.5 Å². The van der Waals surface area contributed by atoms with Crippen molar-refractivity contribution in [2.45, 2.75) is 31.6 Å². The summed E-state index contributed by atoms with van der Waals surface area (Å²) >= 11 is 0. The van der Waals surface area contributed by atoms with Crippen molar-refractivity contribution in [2.24, 2.45) is 5.73 Å². The standard InChI is InChI=1S/C20H24N2O2.ClH/c21-19(17-9-5-2-6-10-17)20(23)22-13-11-18(12-14-22)24-15-16-7-3-1-4-8-16;/h1-10,18-19H,11-15,21H2;1H. The number of amides is 1. The van der Waals surface area contributed by atoms with Crippen LogP contribution in [0.1, 0.15) is 30.0 Å². The Morgan fingerprint density at radius 3 is 2.20 bits per heavy atom. The van der Waals surface area contributed by atoms with Gasteiger partial charge in [-0.2, -0.15) is 0 Å². The lowest BCUT2D eigenvalue weighted by molar-refractivity contribution is -0.135. The van der Waals surface area contributed by atoms with Gasteiger partial charge in [0, 0.05) is 13.1 Å². The van der Waals surface area contributed by atoms with Crippen LogP contribution in [-0.4, -0.2) is 30.0 Å². The summed E-state index contributed by atoms with van der Waals surface area (Å²) < 4.78 is 5.97. The van der Waals surface area contributed by atoms with Crippen molar-refractivity contribution in [3.05, 3.63) is 71.8 Å². The van der Waals surface area contributed by atoms with Gasteiger partial charge >= 0.3 is 0 Å². The average molecular weight is 361 g/mol. The molecule has 0 radical (unpaired) electrons. The molecule has 2 aromatic carbocycles. The fourth-order valence-electron chi connectivity index (χ4n) is 3.03. The monoisotopic (exact) mass is 360 g/mol. The molecule has 0 aromatic heterocycles. The fourth-order valence-corrected chi connectivity index (χ4v) is 3.03. The summed E-state index contributed by atoms with van der Waals surface area (Å²) in [4.78, 5) is 14.4. The van der Waals surface area contributed by atoms with Crippen LogP contribution in [0.3, 0.4) is 0 Å². The molecule has 0 aliphatic carbocycles. The smallest absolute Gasteiger partial charge is 0.244 e. The predicted molar refractivity (Wildman–Crippen MR) is 101 cm³/mol. The van der Waals surface area contributed by atoms with Gasteiger partial charge in [-0.05, 0) is 24.0 Å². The van der Waals surface area contributed by atoms with E-state index in [1.165, 1.54) is 5.56 Å². The van der Waals surface area contributed by atoms with Crippen molar-refractivity contribution in [3.8, 4) is 0 Å². The van der Waals surface area contributed by atoms with E-state index in [0.717, 1.165) is 18.4 Å². The first-order valence-electron chi connectivity index (χ1n) is 8.49. The highest BCUT2D eigenvalue weighted by atomic mass is 35.5. The molecule has 1 fully saturated rings. The van der Waals surface area contributed by atoms with Crippen LogP contribution < -0.4 is 5.73 Å². The first-order valence-corrected chi connectivity index (χ1v) is 8.49. The number of nitrogens with two attached hydrogens (primary N) is 1. The summed E-state index contributed by atoms with van der Waals surface area (Å²) in [6.07, 6.45) is 1.93. The largest absolute Gasteiger partial charge is 0.373 e. The highest BCUT2D eigenvalue weighted by Crippen LogP contribution is 2.19. The molecular formula is C20H25ClN2O2. The Morgan fingerprint density at radius 1 is 1.04 bits per heavy atom. The van der Waals surface area contributed by atoms with Crippen LogP contribution >= 0.6 is 12.4 Å². The summed E-state index contributed by atoms with van der Waals surface area (Å²) in [5, 5.41) is 0. The maximum absolute atomic E-state index is 12.5. The molecule has 134 valence electrons. The normalized spacial score (nSPS) is 16.1. The van der Waals surface area contributed by atoms with Crippen LogP contribution in [0.2, 0.25) is 0 Å². The second kappa shape index (κ2) is 9.56. The quantitative estimate of drug-likeness (QED) is 0.889. The zero-order chi connectivity index (χ0) is 16.8. The van der Waals surface area contributed by atoms with E-state index in [1.807, 2.05) is 53.4 Å². The van der Waals surface area contributed by atoms with Crippen LogP contribution in [-0.2, 0) is 16.1 Å². The molecule has 1 heterocycles. The number of likely N-dealkylation sites (tertiary alicyclic amines) is 1. The molecule has 1 aliphatic rings. The number of carbonyl (C=O) groups is 1. The van der Waals surface area contributed by atoms with Crippen LogP contribution in [0, 0.1) is 0 Å². The lowest BCUT2D eigenvalue weighted by atomic mass is 10.0. The molecule has 0 bridgehead atoms.